The van der Waals surface area contributed by atoms with Crippen molar-refractivity contribution in [3.8, 4) is 0 Å². The van der Waals surface area contributed by atoms with Gasteiger partial charge in [-0.3, -0.25) is 9.58 Å². The largest absolute Gasteiger partial charge is 0.467 e. The molecule has 1 atom stereocenters. The van der Waals surface area contributed by atoms with Crippen LogP contribution in [0.5, 0.6) is 0 Å². The smallest absolute Gasteiger partial charge is 0.129 e. The third-order valence-corrected chi connectivity index (χ3v) is 3.93. The highest BCUT2D eigenvalue weighted by atomic mass is 16.5. The summed E-state index contributed by atoms with van der Waals surface area (Å²) in [7, 11) is 0. The molecule has 3 rings (SSSR count). The Kier molecular flexibility index (Phi) is 4.61. The lowest BCUT2D eigenvalue weighted by molar-refractivity contribution is -0.0167. The van der Waals surface area contributed by atoms with E-state index in [1.54, 1.807) is 6.26 Å². The molecule has 6 nitrogen and oxygen atoms in total. The fraction of sp³-hybridized carbons (Fsp3) is 0.562. The van der Waals surface area contributed by atoms with Crippen molar-refractivity contribution in [1.29, 1.82) is 0 Å². The second-order valence-electron chi connectivity index (χ2n) is 5.99. The first-order chi connectivity index (χ1) is 10.6. The average molecular weight is 305 g/mol. The fourth-order valence-corrected chi connectivity index (χ4v) is 2.90. The monoisotopic (exact) mass is 305 g/mol. The summed E-state index contributed by atoms with van der Waals surface area (Å²) >= 11 is 0. The molecular formula is C16H23N3O3. The quantitative estimate of drug-likeness (QED) is 0.840. The summed E-state index contributed by atoms with van der Waals surface area (Å²) in [6.07, 6.45) is 1.14. The van der Waals surface area contributed by atoms with Crippen LogP contribution in [-0.2, 0) is 11.3 Å². The zero-order chi connectivity index (χ0) is 15.5. The lowest BCUT2D eigenvalue weighted by atomic mass is 10.1. The molecule has 2 aromatic heterocycles. The maximum absolute atomic E-state index is 10.0. The first-order valence-corrected chi connectivity index (χ1v) is 7.65. The minimum atomic E-state index is -0.476. The summed E-state index contributed by atoms with van der Waals surface area (Å²) in [6, 6.07) is 6.21. The van der Waals surface area contributed by atoms with Crippen molar-refractivity contribution in [3.05, 3.63) is 41.6 Å². The van der Waals surface area contributed by atoms with Crippen LogP contribution < -0.4 is 0 Å². The van der Waals surface area contributed by atoms with Gasteiger partial charge in [0.2, 0.25) is 0 Å². The number of aryl methyl sites for hydroxylation is 2. The first-order valence-electron chi connectivity index (χ1n) is 7.65. The van der Waals surface area contributed by atoms with Crippen LogP contribution in [0.2, 0.25) is 0 Å². The highest BCUT2D eigenvalue weighted by molar-refractivity contribution is 5.09. The van der Waals surface area contributed by atoms with E-state index in [0.29, 0.717) is 25.8 Å². The van der Waals surface area contributed by atoms with E-state index in [4.69, 9.17) is 9.15 Å². The van der Waals surface area contributed by atoms with Gasteiger partial charge in [0.1, 0.15) is 12.4 Å². The molecule has 1 aliphatic rings. The molecule has 6 heteroatoms. The van der Waals surface area contributed by atoms with E-state index in [9.17, 15) is 5.11 Å². The highest BCUT2D eigenvalue weighted by Crippen LogP contribution is 2.22. The van der Waals surface area contributed by atoms with Gasteiger partial charge in [-0.05, 0) is 32.0 Å². The van der Waals surface area contributed by atoms with Crippen molar-refractivity contribution in [1.82, 2.24) is 14.7 Å². The molecule has 2 aromatic rings. The number of likely N-dealkylation sites (tertiary alicyclic amines) is 1. The maximum Gasteiger partial charge on any atom is 0.129 e. The van der Waals surface area contributed by atoms with E-state index >= 15 is 0 Å². The summed E-state index contributed by atoms with van der Waals surface area (Å²) in [5.41, 5.74) is 2.26. The van der Waals surface area contributed by atoms with Gasteiger partial charge in [-0.2, -0.15) is 5.10 Å². The van der Waals surface area contributed by atoms with E-state index in [-0.39, 0.29) is 0 Å². The zero-order valence-corrected chi connectivity index (χ0v) is 13.1. The van der Waals surface area contributed by atoms with E-state index in [0.717, 1.165) is 24.5 Å². The molecule has 0 saturated carbocycles. The molecule has 0 radical (unpaired) electrons. The molecular weight excluding hydrogens is 282 g/mol. The predicted molar refractivity (Wildman–Crippen MR) is 81.5 cm³/mol. The minimum Gasteiger partial charge on any atom is -0.467 e. The second kappa shape index (κ2) is 6.64. The number of hydrogen-bond acceptors (Lipinski definition) is 5. The van der Waals surface area contributed by atoms with Crippen LogP contribution in [0.25, 0.3) is 0 Å². The fourth-order valence-electron chi connectivity index (χ4n) is 2.90. The molecule has 120 valence electrons. The van der Waals surface area contributed by atoms with Crippen LogP contribution in [0.3, 0.4) is 0 Å². The molecule has 1 aliphatic heterocycles. The van der Waals surface area contributed by atoms with Gasteiger partial charge < -0.3 is 14.3 Å². The molecule has 1 saturated heterocycles. The normalized spacial score (nSPS) is 17.6. The van der Waals surface area contributed by atoms with Crippen molar-refractivity contribution in [2.45, 2.75) is 32.6 Å². The second-order valence-corrected chi connectivity index (χ2v) is 5.99. The van der Waals surface area contributed by atoms with Crippen LogP contribution >= 0.6 is 0 Å². The van der Waals surface area contributed by atoms with E-state index < -0.39 is 6.10 Å². The van der Waals surface area contributed by atoms with Crippen molar-refractivity contribution >= 4 is 0 Å². The maximum atomic E-state index is 10.0. The van der Waals surface area contributed by atoms with Crippen LogP contribution in [0, 0.1) is 13.8 Å². The third kappa shape index (κ3) is 3.58. The van der Waals surface area contributed by atoms with Gasteiger partial charge in [0.25, 0.3) is 0 Å². The number of ether oxygens (including phenoxy) is 1. The number of aliphatic hydroxyl groups excluding tert-OH is 1. The third-order valence-electron chi connectivity index (χ3n) is 3.93. The summed E-state index contributed by atoms with van der Waals surface area (Å²) in [4.78, 5) is 2.22. The number of β-amino-alcohol motifs (C(OH)–C–C–N with tert-alkyl or cyclic N) is 1. The molecule has 0 spiro atoms. The Balaban J connectivity index is 1.35. The van der Waals surface area contributed by atoms with Crippen molar-refractivity contribution in [3.63, 3.8) is 0 Å². The standard InChI is InChI=1S/C16H23N3O3/c1-12-6-13(2)19(17-12)14-7-18(8-14)9-15(20)10-21-11-16-4-3-5-22-16/h3-6,14-15,20H,7-11H2,1-2H3/t15-/m0/s1. The predicted octanol–water partition coefficient (Wildman–Crippen LogP) is 1.53. The number of aliphatic hydroxyl groups is 1. The number of furan rings is 1. The van der Waals surface area contributed by atoms with Crippen molar-refractivity contribution < 1.29 is 14.3 Å². The SMILES string of the molecule is Cc1cc(C)n(C2CN(C[C@H](O)COCc3ccco3)C2)n1. The molecule has 0 bridgehead atoms. The Hall–Kier alpha value is -1.63. The van der Waals surface area contributed by atoms with Gasteiger partial charge in [-0.25, -0.2) is 0 Å². The van der Waals surface area contributed by atoms with Gasteiger partial charge in [0.15, 0.2) is 0 Å². The van der Waals surface area contributed by atoms with Crippen LogP contribution in [-0.4, -0.2) is 52.1 Å². The van der Waals surface area contributed by atoms with Gasteiger partial charge in [-0.15, -0.1) is 0 Å². The summed E-state index contributed by atoms with van der Waals surface area (Å²) in [5.74, 6) is 0.778. The Bertz CT molecular complexity index is 588. The molecule has 1 fully saturated rings. The molecule has 0 unspecified atom stereocenters. The summed E-state index contributed by atoms with van der Waals surface area (Å²) in [6.45, 7) is 7.31. The topological polar surface area (TPSA) is 63.7 Å². The van der Waals surface area contributed by atoms with Gasteiger partial charge in [0.05, 0.1) is 30.7 Å². The van der Waals surface area contributed by atoms with Crippen molar-refractivity contribution in [2.75, 3.05) is 26.2 Å². The van der Waals surface area contributed by atoms with Gasteiger partial charge >= 0.3 is 0 Å². The molecule has 0 amide bonds. The first kappa shape index (κ1) is 15.3. The Morgan fingerprint density at radius 2 is 2.27 bits per heavy atom. The van der Waals surface area contributed by atoms with Gasteiger partial charge in [-0.1, -0.05) is 0 Å². The lowest BCUT2D eigenvalue weighted by Crippen LogP contribution is -2.51. The Labute approximate surface area is 130 Å². The van der Waals surface area contributed by atoms with E-state index in [1.807, 2.05) is 19.1 Å². The number of aromatic nitrogens is 2. The highest BCUT2D eigenvalue weighted by Gasteiger charge is 2.30. The number of nitrogens with zero attached hydrogens (tertiary/aromatic N) is 3. The Morgan fingerprint density at radius 1 is 1.45 bits per heavy atom. The summed E-state index contributed by atoms with van der Waals surface area (Å²) < 4.78 is 12.7. The molecule has 0 aliphatic carbocycles. The van der Waals surface area contributed by atoms with E-state index in [1.165, 1.54) is 5.69 Å². The number of hydrogen-bond donors (Lipinski definition) is 1. The van der Waals surface area contributed by atoms with E-state index in [2.05, 4.69) is 27.7 Å². The van der Waals surface area contributed by atoms with Crippen molar-refractivity contribution in [2.24, 2.45) is 0 Å². The Morgan fingerprint density at radius 3 is 2.91 bits per heavy atom. The minimum absolute atomic E-state index is 0.321. The van der Waals surface area contributed by atoms with Crippen LogP contribution in [0.15, 0.2) is 28.9 Å². The molecule has 3 heterocycles. The zero-order valence-electron chi connectivity index (χ0n) is 13.1. The average Bonchev–Trinajstić information content (AvgIpc) is 3.03. The van der Waals surface area contributed by atoms with Gasteiger partial charge in [0, 0.05) is 25.3 Å². The van der Waals surface area contributed by atoms with Crippen LogP contribution in [0.4, 0.5) is 0 Å². The lowest BCUT2D eigenvalue weighted by Gasteiger charge is -2.40. The molecule has 0 aromatic carbocycles. The van der Waals surface area contributed by atoms with Crippen LogP contribution in [0.1, 0.15) is 23.2 Å². The molecule has 1 N–H and O–H groups in total. The summed E-state index contributed by atoms with van der Waals surface area (Å²) in [5, 5.41) is 14.5. The number of rotatable bonds is 7. The molecule has 22 heavy (non-hydrogen) atoms.